The van der Waals surface area contributed by atoms with Crippen LogP contribution in [-0.4, -0.2) is 18.4 Å². The Morgan fingerprint density at radius 1 is 0.941 bits per heavy atom. The predicted octanol–water partition coefficient (Wildman–Crippen LogP) is 3.17. The van der Waals surface area contributed by atoms with E-state index in [1.807, 2.05) is 0 Å². The molecule has 0 aliphatic rings. The van der Waals surface area contributed by atoms with Gasteiger partial charge in [0, 0.05) is 0 Å². The fraction of sp³-hybridized carbons (Fsp3) is 0.333. The Kier molecular flexibility index (Phi) is 3.44. The zero-order valence-corrected chi connectivity index (χ0v) is 8.23. The molecule has 0 amide bonds. The highest BCUT2D eigenvalue weighted by atomic mass is 19.4. The van der Waals surface area contributed by atoms with Crippen LogP contribution in [0.5, 0.6) is 0 Å². The van der Waals surface area contributed by atoms with Crippen molar-refractivity contribution in [2.75, 3.05) is 11.1 Å². The molecule has 0 spiro atoms. The Labute approximate surface area is 92.4 Å². The van der Waals surface area contributed by atoms with Gasteiger partial charge in [0.05, 0.1) is 11.4 Å². The molecule has 0 aliphatic carbocycles. The third kappa shape index (κ3) is 3.43. The summed E-state index contributed by atoms with van der Waals surface area (Å²) in [6.45, 7) is 0. The third-order valence-corrected chi connectivity index (χ3v) is 1.92. The van der Waals surface area contributed by atoms with Gasteiger partial charge in [0.15, 0.2) is 0 Å². The first-order valence-corrected chi connectivity index (χ1v) is 4.37. The van der Waals surface area contributed by atoms with Crippen molar-refractivity contribution in [2.24, 2.45) is 0 Å². The molecule has 0 bridgehead atoms. The zero-order valence-electron chi connectivity index (χ0n) is 8.23. The number of nitrogens with one attached hydrogen (secondary N) is 1. The Hall–Kier alpha value is -1.60. The average molecular weight is 258 g/mol. The fourth-order valence-corrected chi connectivity index (χ4v) is 1.13. The van der Waals surface area contributed by atoms with E-state index >= 15 is 0 Å². The van der Waals surface area contributed by atoms with Gasteiger partial charge in [-0.3, -0.25) is 0 Å². The van der Waals surface area contributed by atoms with Gasteiger partial charge in [-0.2, -0.15) is 26.3 Å². The first-order chi connectivity index (χ1) is 7.62. The van der Waals surface area contributed by atoms with Gasteiger partial charge in [-0.1, -0.05) is 12.1 Å². The highest BCUT2D eigenvalue weighted by Gasteiger charge is 2.56. The summed E-state index contributed by atoms with van der Waals surface area (Å²) in [5.41, 5.74) is 4.66. The maximum absolute atomic E-state index is 12.2. The second kappa shape index (κ2) is 4.34. The van der Waals surface area contributed by atoms with Crippen LogP contribution in [-0.2, 0) is 0 Å². The number of benzene rings is 1. The first kappa shape index (κ1) is 13.5. The molecule has 17 heavy (non-hydrogen) atoms. The second-order valence-corrected chi connectivity index (χ2v) is 3.25. The molecule has 2 nitrogen and oxygen atoms in total. The van der Waals surface area contributed by atoms with Crippen LogP contribution < -0.4 is 11.1 Å². The minimum absolute atomic E-state index is 0.189. The van der Waals surface area contributed by atoms with E-state index in [2.05, 4.69) is 0 Å². The first-order valence-electron chi connectivity index (χ1n) is 4.37. The van der Waals surface area contributed by atoms with Crippen LogP contribution in [0.4, 0.5) is 37.7 Å². The molecule has 0 unspecified atom stereocenters. The maximum Gasteiger partial charge on any atom is 0.417 e. The molecular weight excluding hydrogens is 250 g/mol. The third-order valence-electron chi connectivity index (χ3n) is 1.92. The summed E-state index contributed by atoms with van der Waals surface area (Å²) >= 11 is 0. The van der Waals surface area contributed by atoms with Crippen molar-refractivity contribution in [3.8, 4) is 0 Å². The Morgan fingerprint density at radius 3 is 1.82 bits per heavy atom. The van der Waals surface area contributed by atoms with E-state index in [4.69, 9.17) is 5.73 Å². The minimum Gasteiger partial charge on any atom is -0.397 e. The van der Waals surface area contributed by atoms with Crippen molar-refractivity contribution < 1.29 is 26.3 Å². The highest BCUT2D eigenvalue weighted by Crippen LogP contribution is 2.36. The number of nitrogens with two attached hydrogens (primary N) is 1. The van der Waals surface area contributed by atoms with Gasteiger partial charge in [0.1, 0.15) is 0 Å². The average Bonchev–Trinajstić information content (AvgIpc) is 2.12. The van der Waals surface area contributed by atoms with Crippen molar-refractivity contribution in [1.82, 2.24) is 0 Å². The minimum atomic E-state index is -5.44. The number of hydrogen-bond acceptors (Lipinski definition) is 2. The molecule has 0 radical (unpaired) electrons. The Balaban J connectivity index is 3.00. The summed E-state index contributed by atoms with van der Waals surface area (Å²) < 4.78 is 73.3. The molecule has 0 aromatic heterocycles. The van der Waals surface area contributed by atoms with E-state index in [0.717, 1.165) is 6.07 Å². The van der Waals surface area contributed by atoms with E-state index in [-0.39, 0.29) is 5.69 Å². The molecule has 0 fully saturated rings. The molecule has 0 heterocycles. The number of anilines is 2. The van der Waals surface area contributed by atoms with Gasteiger partial charge in [-0.15, -0.1) is 0 Å². The monoisotopic (exact) mass is 258 g/mol. The van der Waals surface area contributed by atoms with Gasteiger partial charge in [0.2, 0.25) is 6.04 Å². The summed E-state index contributed by atoms with van der Waals surface area (Å²) in [4.78, 5) is 0. The smallest absolute Gasteiger partial charge is 0.397 e. The summed E-state index contributed by atoms with van der Waals surface area (Å²) in [5, 5.41) is 1.35. The standard InChI is InChI=1S/C9H8F6N2/c10-8(11,12)7(9(13,14)15)17-6-4-2-1-3-5(6)16/h1-4,7,17H,16H2. The van der Waals surface area contributed by atoms with Gasteiger partial charge in [-0.25, -0.2) is 0 Å². The Bertz CT molecular complexity index is 370. The number of nitrogen functional groups attached to an aromatic ring is 1. The predicted molar refractivity (Wildman–Crippen MR) is 50.4 cm³/mol. The van der Waals surface area contributed by atoms with Gasteiger partial charge in [-0.05, 0) is 12.1 Å². The van der Waals surface area contributed by atoms with E-state index in [9.17, 15) is 26.3 Å². The van der Waals surface area contributed by atoms with Crippen molar-refractivity contribution >= 4 is 11.4 Å². The van der Waals surface area contributed by atoms with Crippen LogP contribution >= 0.6 is 0 Å². The van der Waals surface area contributed by atoms with Crippen LogP contribution in [0.25, 0.3) is 0 Å². The van der Waals surface area contributed by atoms with Crippen LogP contribution in [0.1, 0.15) is 0 Å². The summed E-state index contributed by atoms with van der Waals surface area (Å²) in [7, 11) is 0. The van der Waals surface area contributed by atoms with Crippen molar-refractivity contribution in [1.29, 1.82) is 0 Å². The largest absolute Gasteiger partial charge is 0.417 e. The highest BCUT2D eigenvalue weighted by molar-refractivity contribution is 5.66. The van der Waals surface area contributed by atoms with Crippen LogP contribution in [0.2, 0.25) is 0 Å². The zero-order chi connectivity index (χ0) is 13.3. The number of alkyl halides is 6. The number of para-hydroxylation sites is 2. The van der Waals surface area contributed by atoms with Crippen molar-refractivity contribution in [3.05, 3.63) is 24.3 Å². The topological polar surface area (TPSA) is 38.0 Å². The molecule has 3 N–H and O–H groups in total. The number of halogens is 6. The van der Waals surface area contributed by atoms with Crippen molar-refractivity contribution in [3.63, 3.8) is 0 Å². The molecule has 0 aliphatic heterocycles. The van der Waals surface area contributed by atoms with Crippen LogP contribution in [0.3, 0.4) is 0 Å². The van der Waals surface area contributed by atoms with E-state index in [0.29, 0.717) is 0 Å². The number of hydrogen-bond donors (Lipinski definition) is 2. The lowest BCUT2D eigenvalue weighted by Gasteiger charge is -2.25. The Morgan fingerprint density at radius 2 is 1.41 bits per heavy atom. The molecule has 96 valence electrons. The van der Waals surface area contributed by atoms with E-state index in [1.165, 1.54) is 23.5 Å². The maximum atomic E-state index is 12.2. The lowest BCUT2D eigenvalue weighted by molar-refractivity contribution is -0.242. The molecule has 1 aromatic carbocycles. The van der Waals surface area contributed by atoms with Gasteiger partial charge >= 0.3 is 12.4 Å². The normalized spacial score (nSPS) is 12.9. The quantitative estimate of drug-likeness (QED) is 0.631. The summed E-state index contributed by atoms with van der Waals surface area (Å²) in [5.74, 6) is 0. The van der Waals surface area contributed by atoms with E-state index in [1.54, 1.807) is 0 Å². The van der Waals surface area contributed by atoms with E-state index < -0.39 is 24.1 Å². The number of rotatable bonds is 2. The molecule has 0 atom stereocenters. The second-order valence-electron chi connectivity index (χ2n) is 3.25. The van der Waals surface area contributed by atoms with Gasteiger partial charge in [0.25, 0.3) is 0 Å². The molecule has 0 saturated heterocycles. The molecule has 1 rings (SSSR count). The van der Waals surface area contributed by atoms with Crippen LogP contribution in [0.15, 0.2) is 24.3 Å². The summed E-state index contributed by atoms with van der Waals surface area (Å²) in [6, 6.07) is 1.28. The lowest BCUT2D eigenvalue weighted by Crippen LogP contribution is -2.48. The molecular formula is C9H8F6N2. The molecule has 1 aromatic rings. The lowest BCUT2D eigenvalue weighted by atomic mass is 10.2. The van der Waals surface area contributed by atoms with Gasteiger partial charge < -0.3 is 11.1 Å². The molecule has 8 heteroatoms. The summed E-state index contributed by atoms with van der Waals surface area (Å²) in [6.07, 6.45) is -10.9. The van der Waals surface area contributed by atoms with Crippen LogP contribution in [0, 0.1) is 0 Å². The van der Waals surface area contributed by atoms with Crippen molar-refractivity contribution in [2.45, 2.75) is 18.4 Å². The molecule has 0 saturated carbocycles. The fourth-order valence-electron chi connectivity index (χ4n) is 1.13. The SMILES string of the molecule is Nc1ccccc1NC(C(F)(F)F)C(F)(F)F.